The number of hydrogen-bond donors (Lipinski definition) is 0. The number of rotatable bonds is 4. The van der Waals surface area contributed by atoms with E-state index in [0.717, 1.165) is 20.0 Å². The van der Waals surface area contributed by atoms with Gasteiger partial charge in [0.05, 0.1) is 4.88 Å². The van der Waals surface area contributed by atoms with E-state index in [1.54, 1.807) is 23.5 Å². The van der Waals surface area contributed by atoms with Crippen LogP contribution in [0, 0.1) is 10.6 Å². The van der Waals surface area contributed by atoms with E-state index in [1.165, 1.54) is 0 Å². The third-order valence-corrected chi connectivity index (χ3v) is 4.61. The Labute approximate surface area is 144 Å². The van der Waals surface area contributed by atoms with Crippen molar-refractivity contribution in [1.82, 2.24) is 9.97 Å². The van der Waals surface area contributed by atoms with E-state index in [9.17, 15) is 0 Å². The summed E-state index contributed by atoms with van der Waals surface area (Å²) in [6, 6.07) is 7.45. The molecule has 0 aliphatic rings. The summed E-state index contributed by atoms with van der Waals surface area (Å²) in [4.78, 5) is 9.63. The summed E-state index contributed by atoms with van der Waals surface area (Å²) in [6.07, 6.45) is 0. The molecule has 3 heterocycles. The number of aromatic nitrogens is 2. The minimum absolute atomic E-state index is 0.333. The van der Waals surface area contributed by atoms with Crippen molar-refractivity contribution in [1.29, 1.82) is 0 Å². The smallest absolute Gasteiger partial charge is 0.236 e. The molecular formula is C14H10ClIN2O2S. The molecule has 7 heteroatoms. The van der Waals surface area contributed by atoms with Gasteiger partial charge in [-0.2, -0.15) is 0 Å². The fraction of sp³-hybridized carbons (Fsp3) is 0.143. The fourth-order valence-corrected chi connectivity index (χ4v) is 3.26. The van der Waals surface area contributed by atoms with Crippen LogP contribution < -0.4 is 4.74 Å². The second-order valence-electron chi connectivity index (χ2n) is 4.21. The lowest BCUT2D eigenvalue weighted by atomic mass is 10.4. The lowest BCUT2D eigenvalue weighted by Crippen LogP contribution is -2.00. The first-order chi connectivity index (χ1) is 10.1. The summed E-state index contributed by atoms with van der Waals surface area (Å²) < 4.78 is 12.1. The molecule has 3 aromatic rings. The molecule has 0 N–H and O–H groups in total. The van der Waals surface area contributed by atoms with Crippen LogP contribution in [0.1, 0.15) is 11.5 Å². The molecule has 0 saturated heterocycles. The summed E-state index contributed by atoms with van der Waals surface area (Å²) in [5.41, 5.74) is 0.782. The van der Waals surface area contributed by atoms with Crippen molar-refractivity contribution in [3.63, 3.8) is 0 Å². The molecule has 0 unspecified atom stereocenters. The Morgan fingerprint density at radius 2 is 2.19 bits per heavy atom. The normalized spacial score (nSPS) is 10.8. The van der Waals surface area contributed by atoms with E-state index >= 15 is 0 Å². The molecule has 0 radical (unpaired) electrons. The van der Waals surface area contributed by atoms with Crippen molar-refractivity contribution in [2.24, 2.45) is 0 Å². The third kappa shape index (κ3) is 3.38. The molecule has 0 aromatic carbocycles. The highest BCUT2D eigenvalue weighted by molar-refractivity contribution is 14.1. The fourth-order valence-electron chi connectivity index (χ4n) is 1.72. The summed E-state index contributed by atoms with van der Waals surface area (Å²) in [7, 11) is 0. The Bertz CT molecular complexity index is 758. The lowest BCUT2D eigenvalue weighted by Gasteiger charge is -2.06. The predicted molar refractivity (Wildman–Crippen MR) is 90.8 cm³/mol. The van der Waals surface area contributed by atoms with E-state index in [4.69, 9.17) is 20.8 Å². The second kappa shape index (κ2) is 6.33. The quantitative estimate of drug-likeness (QED) is 0.433. The molecule has 0 amide bonds. The van der Waals surface area contributed by atoms with Crippen LogP contribution in [0.2, 0.25) is 5.15 Å². The van der Waals surface area contributed by atoms with Gasteiger partial charge in [-0.1, -0.05) is 17.7 Å². The van der Waals surface area contributed by atoms with Crippen LogP contribution >= 0.6 is 45.5 Å². The van der Waals surface area contributed by atoms with Gasteiger partial charge in [-0.25, -0.2) is 9.97 Å². The summed E-state index contributed by atoms with van der Waals surface area (Å²) in [6.45, 7) is 2.22. The highest BCUT2D eigenvalue weighted by Gasteiger charge is 2.13. The maximum absolute atomic E-state index is 5.82. The van der Waals surface area contributed by atoms with Gasteiger partial charge in [0.25, 0.3) is 0 Å². The number of pyridine rings is 1. The number of thiophene rings is 1. The zero-order chi connectivity index (χ0) is 14.8. The predicted octanol–water partition coefficient (Wildman–Crippen LogP) is 4.94. The Balaban J connectivity index is 1.76. The van der Waals surface area contributed by atoms with E-state index in [1.807, 2.05) is 24.4 Å². The maximum atomic E-state index is 5.82. The minimum Gasteiger partial charge on any atom is -0.484 e. The van der Waals surface area contributed by atoms with Gasteiger partial charge in [-0.15, -0.1) is 11.3 Å². The molecule has 0 fully saturated rings. The molecule has 21 heavy (non-hydrogen) atoms. The maximum Gasteiger partial charge on any atom is 0.236 e. The molecule has 0 saturated carbocycles. The first kappa shape index (κ1) is 14.8. The average Bonchev–Trinajstić information content (AvgIpc) is 3.07. The second-order valence-corrected chi connectivity index (χ2v) is 6.57. The van der Waals surface area contributed by atoms with Crippen LogP contribution in [0.5, 0.6) is 5.75 Å². The van der Waals surface area contributed by atoms with Crippen LogP contribution in [-0.2, 0) is 6.61 Å². The number of halogens is 2. The SMILES string of the molecule is Cc1oc(-c2cccs2)nc1COc1ccc(Cl)nc1I. The molecule has 4 nitrogen and oxygen atoms in total. The average molecular weight is 433 g/mol. The van der Waals surface area contributed by atoms with Crippen LogP contribution in [0.15, 0.2) is 34.1 Å². The molecule has 0 atom stereocenters. The molecule has 3 aromatic heterocycles. The van der Waals surface area contributed by atoms with Crippen molar-refractivity contribution in [3.8, 4) is 16.5 Å². The topological polar surface area (TPSA) is 48.2 Å². The third-order valence-electron chi connectivity index (χ3n) is 2.77. The largest absolute Gasteiger partial charge is 0.484 e. The number of ether oxygens (including phenoxy) is 1. The lowest BCUT2D eigenvalue weighted by molar-refractivity contribution is 0.296. The summed E-state index contributed by atoms with van der Waals surface area (Å²) in [5, 5.41) is 2.44. The molecular weight excluding hydrogens is 423 g/mol. The Kier molecular flexibility index (Phi) is 4.46. The Morgan fingerprint density at radius 3 is 2.90 bits per heavy atom. The van der Waals surface area contributed by atoms with Crippen LogP contribution in [0.4, 0.5) is 0 Å². The Morgan fingerprint density at radius 1 is 1.33 bits per heavy atom. The highest BCUT2D eigenvalue weighted by atomic mass is 127. The van der Waals surface area contributed by atoms with Gasteiger partial charge >= 0.3 is 0 Å². The van der Waals surface area contributed by atoms with Gasteiger partial charge in [0, 0.05) is 0 Å². The van der Waals surface area contributed by atoms with Gasteiger partial charge in [0.2, 0.25) is 5.89 Å². The summed E-state index contributed by atoms with van der Waals surface area (Å²) >= 11 is 9.50. The van der Waals surface area contributed by atoms with Gasteiger partial charge in [0.15, 0.2) is 5.75 Å². The monoisotopic (exact) mass is 432 g/mol. The standard InChI is InChI=1S/C14H10ClIN2O2S/c1-8-9(17-14(20-8)11-3-2-6-21-11)7-19-10-4-5-12(15)18-13(10)16/h2-6H,7H2,1H3. The number of oxazole rings is 1. The molecule has 0 aliphatic heterocycles. The molecule has 0 bridgehead atoms. The van der Waals surface area contributed by atoms with Gasteiger partial charge in [-0.3, -0.25) is 0 Å². The first-order valence-electron chi connectivity index (χ1n) is 6.08. The van der Waals surface area contributed by atoms with Crippen molar-refractivity contribution >= 4 is 45.5 Å². The van der Waals surface area contributed by atoms with E-state index < -0.39 is 0 Å². The first-order valence-corrected chi connectivity index (χ1v) is 8.42. The van der Waals surface area contributed by atoms with Crippen molar-refractivity contribution in [2.75, 3.05) is 0 Å². The van der Waals surface area contributed by atoms with Crippen molar-refractivity contribution < 1.29 is 9.15 Å². The van der Waals surface area contributed by atoms with Crippen molar-refractivity contribution in [3.05, 3.63) is 50.0 Å². The van der Waals surface area contributed by atoms with Crippen molar-refractivity contribution in [2.45, 2.75) is 13.5 Å². The summed E-state index contributed by atoms with van der Waals surface area (Å²) in [5.74, 6) is 2.07. The van der Waals surface area contributed by atoms with Gasteiger partial charge in [0.1, 0.15) is 26.9 Å². The molecule has 108 valence electrons. The van der Waals surface area contributed by atoms with E-state index in [0.29, 0.717) is 23.4 Å². The zero-order valence-electron chi connectivity index (χ0n) is 11.0. The van der Waals surface area contributed by atoms with E-state index in [-0.39, 0.29) is 0 Å². The molecule has 3 rings (SSSR count). The van der Waals surface area contributed by atoms with Crippen LogP contribution in [0.3, 0.4) is 0 Å². The highest BCUT2D eigenvalue weighted by Crippen LogP contribution is 2.27. The minimum atomic E-state index is 0.333. The number of aryl methyl sites for hydroxylation is 1. The number of hydrogen-bond acceptors (Lipinski definition) is 5. The number of nitrogens with zero attached hydrogens (tertiary/aromatic N) is 2. The van der Waals surface area contributed by atoms with Crippen LogP contribution in [0.25, 0.3) is 10.8 Å². The van der Waals surface area contributed by atoms with Gasteiger partial charge in [-0.05, 0) is 53.1 Å². The van der Waals surface area contributed by atoms with Gasteiger partial charge < -0.3 is 9.15 Å². The van der Waals surface area contributed by atoms with Crippen LogP contribution in [-0.4, -0.2) is 9.97 Å². The zero-order valence-corrected chi connectivity index (χ0v) is 14.7. The Hall–Kier alpha value is -1.12. The van der Waals surface area contributed by atoms with E-state index in [2.05, 4.69) is 32.6 Å². The molecule has 0 spiro atoms. The molecule has 0 aliphatic carbocycles.